The molecule has 1 N–H and O–H groups in total. The molecule has 118 valence electrons. The Bertz CT molecular complexity index is 884. The summed E-state index contributed by atoms with van der Waals surface area (Å²) in [4.78, 5) is 0.415. The molecule has 0 saturated heterocycles. The molecular weight excluding hydrogens is 332 g/mol. The van der Waals surface area contributed by atoms with E-state index >= 15 is 0 Å². The van der Waals surface area contributed by atoms with Gasteiger partial charge in [0.2, 0.25) is 0 Å². The molecule has 0 aliphatic heterocycles. The van der Waals surface area contributed by atoms with Crippen LogP contribution in [0.3, 0.4) is 0 Å². The number of rotatable bonds is 4. The molecule has 0 radical (unpaired) electrons. The van der Waals surface area contributed by atoms with Crippen LogP contribution >= 0.6 is 22.9 Å². The minimum Gasteiger partial charge on any atom is -0.497 e. The highest BCUT2D eigenvalue weighted by Gasteiger charge is 2.14. The maximum Gasteiger partial charge on any atom is 0.187 e. The molecule has 0 amide bonds. The minimum atomic E-state index is 0.415. The zero-order valence-electron chi connectivity index (χ0n) is 12.7. The van der Waals surface area contributed by atoms with E-state index in [4.69, 9.17) is 26.5 Å². The van der Waals surface area contributed by atoms with E-state index in [-0.39, 0.29) is 0 Å². The van der Waals surface area contributed by atoms with Crippen molar-refractivity contribution in [1.29, 1.82) is 5.41 Å². The first-order valence-corrected chi connectivity index (χ1v) is 8.13. The zero-order valence-corrected chi connectivity index (χ0v) is 14.2. The van der Waals surface area contributed by atoms with Gasteiger partial charge < -0.3 is 9.47 Å². The predicted octanol–water partition coefficient (Wildman–Crippen LogP) is 4.36. The second-order valence-electron chi connectivity index (χ2n) is 4.81. The van der Waals surface area contributed by atoms with Crippen LogP contribution in [-0.4, -0.2) is 18.8 Å². The van der Waals surface area contributed by atoms with Crippen molar-refractivity contribution >= 4 is 22.9 Å². The number of ether oxygens (including phenoxy) is 2. The number of nitrogens with one attached hydrogen (secondary N) is 1. The predicted molar refractivity (Wildman–Crippen MR) is 93.1 cm³/mol. The van der Waals surface area contributed by atoms with Crippen molar-refractivity contribution < 1.29 is 9.47 Å². The Morgan fingerprint density at radius 3 is 2.43 bits per heavy atom. The second kappa shape index (κ2) is 6.48. The maximum absolute atomic E-state index is 8.26. The summed E-state index contributed by atoms with van der Waals surface area (Å²) in [6, 6.07) is 13.1. The molecule has 0 aliphatic rings. The fraction of sp³-hybridized carbons (Fsp3) is 0.118. The number of halogens is 1. The van der Waals surface area contributed by atoms with Crippen LogP contribution in [0.25, 0.3) is 16.9 Å². The highest BCUT2D eigenvalue weighted by atomic mass is 35.5. The van der Waals surface area contributed by atoms with E-state index in [9.17, 15) is 0 Å². The van der Waals surface area contributed by atoms with E-state index in [1.165, 1.54) is 11.3 Å². The lowest BCUT2D eigenvalue weighted by atomic mass is 10.1. The minimum absolute atomic E-state index is 0.415. The van der Waals surface area contributed by atoms with Crippen molar-refractivity contribution in [3.8, 4) is 28.4 Å². The quantitative estimate of drug-likeness (QED) is 0.763. The summed E-state index contributed by atoms with van der Waals surface area (Å²) in [5.74, 6) is 1.36. The largest absolute Gasteiger partial charge is 0.497 e. The van der Waals surface area contributed by atoms with Crippen LogP contribution < -0.4 is 14.3 Å². The fourth-order valence-corrected chi connectivity index (χ4v) is 3.25. The Kier molecular flexibility index (Phi) is 4.41. The van der Waals surface area contributed by atoms with Gasteiger partial charge in [-0.05, 0) is 29.8 Å². The van der Waals surface area contributed by atoms with Crippen LogP contribution in [0, 0.1) is 5.41 Å². The van der Waals surface area contributed by atoms with Gasteiger partial charge in [-0.1, -0.05) is 23.7 Å². The number of nitrogens with zero attached hydrogens (tertiary/aromatic N) is 1. The fourth-order valence-electron chi connectivity index (χ4n) is 2.35. The van der Waals surface area contributed by atoms with Crippen LogP contribution in [-0.2, 0) is 0 Å². The molecule has 0 fully saturated rings. The van der Waals surface area contributed by atoms with Crippen molar-refractivity contribution in [3.63, 3.8) is 0 Å². The molecule has 0 bridgehead atoms. The summed E-state index contributed by atoms with van der Waals surface area (Å²) in [6.07, 6.45) is 0. The third-order valence-corrected chi connectivity index (χ3v) is 4.49. The van der Waals surface area contributed by atoms with Gasteiger partial charge in [0.15, 0.2) is 4.80 Å². The highest BCUT2D eigenvalue weighted by Crippen LogP contribution is 2.31. The monoisotopic (exact) mass is 346 g/mol. The van der Waals surface area contributed by atoms with Crippen LogP contribution in [0.4, 0.5) is 0 Å². The van der Waals surface area contributed by atoms with Crippen LogP contribution in [0.2, 0.25) is 5.02 Å². The van der Waals surface area contributed by atoms with E-state index in [0.29, 0.717) is 21.3 Å². The van der Waals surface area contributed by atoms with Gasteiger partial charge in [-0.2, -0.15) is 0 Å². The Labute approximate surface area is 143 Å². The van der Waals surface area contributed by atoms with E-state index in [2.05, 4.69) is 0 Å². The van der Waals surface area contributed by atoms with Gasteiger partial charge in [-0.15, -0.1) is 11.3 Å². The third kappa shape index (κ3) is 2.98. The van der Waals surface area contributed by atoms with Gasteiger partial charge in [-0.25, -0.2) is 0 Å². The maximum atomic E-state index is 8.26. The summed E-state index contributed by atoms with van der Waals surface area (Å²) in [6.45, 7) is 0. The average Bonchev–Trinajstić information content (AvgIpc) is 2.96. The molecule has 0 aliphatic carbocycles. The van der Waals surface area contributed by atoms with Gasteiger partial charge in [0, 0.05) is 16.5 Å². The Morgan fingerprint density at radius 1 is 1.04 bits per heavy atom. The lowest BCUT2D eigenvalue weighted by molar-refractivity contribution is 0.393. The number of hydrogen-bond donors (Lipinski definition) is 1. The van der Waals surface area contributed by atoms with Gasteiger partial charge >= 0.3 is 0 Å². The molecule has 3 rings (SSSR count). The lowest BCUT2D eigenvalue weighted by Gasteiger charge is -2.14. The SMILES string of the molecule is COc1ccc(-n2c(-c3ccc(Cl)cc3)csc2=N)c(OC)c1. The topological polar surface area (TPSA) is 47.2 Å². The molecule has 0 atom stereocenters. The summed E-state index contributed by atoms with van der Waals surface area (Å²) in [5, 5.41) is 10.9. The normalized spacial score (nSPS) is 10.6. The first-order valence-electron chi connectivity index (χ1n) is 6.87. The standard InChI is InChI=1S/C17H15ClN2O2S/c1-21-13-7-8-14(16(9-13)22-2)20-15(10-23-17(20)19)11-3-5-12(18)6-4-11/h3-10,19H,1-2H3. The van der Waals surface area contributed by atoms with Crippen LogP contribution in [0.1, 0.15) is 0 Å². The first-order chi connectivity index (χ1) is 11.1. The smallest absolute Gasteiger partial charge is 0.187 e. The molecule has 0 spiro atoms. The van der Waals surface area contributed by atoms with E-state index < -0.39 is 0 Å². The molecule has 4 nitrogen and oxygen atoms in total. The van der Waals surface area contributed by atoms with Crippen LogP contribution in [0.15, 0.2) is 47.8 Å². The number of methoxy groups -OCH3 is 2. The number of aromatic nitrogens is 1. The van der Waals surface area contributed by atoms with Gasteiger partial charge in [0.1, 0.15) is 11.5 Å². The Hall–Kier alpha value is -2.24. The molecule has 0 unspecified atom stereocenters. The summed E-state index contributed by atoms with van der Waals surface area (Å²) in [7, 11) is 3.22. The van der Waals surface area contributed by atoms with Gasteiger partial charge in [0.05, 0.1) is 25.6 Å². The lowest BCUT2D eigenvalue weighted by Crippen LogP contribution is -2.13. The summed E-state index contributed by atoms with van der Waals surface area (Å²) < 4.78 is 12.6. The summed E-state index contributed by atoms with van der Waals surface area (Å²) in [5.41, 5.74) is 2.70. The molecule has 6 heteroatoms. The molecular formula is C17H15ClN2O2S. The Balaban J connectivity index is 2.20. The van der Waals surface area contributed by atoms with Crippen LogP contribution in [0.5, 0.6) is 11.5 Å². The van der Waals surface area contributed by atoms with Gasteiger partial charge in [0.25, 0.3) is 0 Å². The average molecular weight is 347 g/mol. The first kappa shape index (κ1) is 15.6. The third-order valence-electron chi connectivity index (χ3n) is 3.49. The van der Waals surface area contributed by atoms with Crippen molar-refractivity contribution in [1.82, 2.24) is 4.57 Å². The molecule has 1 aromatic heterocycles. The van der Waals surface area contributed by atoms with Crippen molar-refractivity contribution in [2.45, 2.75) is 0 Å². The molecule has 23 heavy (non-hydrogen) atoms. The van der Waals surface area contributed by atoms with E-state index in [1.54, 1.807) is 14.2 Å². The molecule has 2 aromatic carbocycles. The molecule has 3 aromatic rings. The van der Waals surface area contributed by atoms with E-state index in [0.717, 1.165) is 16.9 Å². The van der Waals surface area contributed by atoms with Crippen molar-refractivity contribution in [2.24, 2.45) is 0 Å². The van der Waals surface area contributed by atoms with Crippen molar-refractivity contribution in [2.75, 3.05) is 14.2 Å². The van der Waals surface area contributed by atoms with Gasteiger partial charge in [-0.3, -0.25) is 9.98 Å². The number of hydrogen-bond acceptors (Lipinski definition) is 4. The number of benzene rings is 2. The summed E-state index contributed by atoms with van der Waals surface area (Å²) >= 11 is 7.33. The highest BCUT2D eigenvalue weighted by molar-refractivity contribution is 7.07. The van der Waals surface area contributed by atoms with E-state index in [1.807, 2.05) is 52.4 Å². The zero-order chi connectivity index (χ0) is 16.4. The number of thiazole rings is 1. The molecule has 1 heterocycles. The molecule has 0 saturated carbocycles. The van der Waals surface area contributed by atoms with Crippen molar-refractivity contribution in [3.05, 3.63) is 57.7 Å². The Morgan fingerprint density at radius 2 is 1.78 bits per heavy atom. The second-order valence-corrected chi connectivity index (χ2v) is 6.10.